The first-order valence-electron chi connectivity index (χ1n) is 12.7. The molecule has 1 aromatic carbocycles. The van der Waals surface area contributed by atoms with Gasteiger partial charge in [-0.3, -0.25) is 0 Å². The van der Waals surface area contributed by atoms with Crippen molar-refractivity contribution in [2.24, 2.45) is 16.7 Å². The Kier molecular flexibility index (Phi) is 16.4. The van der Waals surface area contributed by atoms with Crippen molar-refractivity contribution in [2.75, 3.05) is 7.05 Å². The Morgan fingerprint density at radius 1 is 1.00 bits per heavy atom. The third-order valence-electron chi connectivity index (χ3n) is 7.17. The lowest BCUT2D eigenvalue weighted by Crippen LogP contribution is -2.37. The largest absolute Gasteiger partial charge is 0.313 e. The first-order valence-corrected chi connectivity index (χ1v) is 12.7. The van der Waals surface area contributed by atoms with Crippen molar-refractivity contribution in [1.29, 1.82) is 0 Å². The summed E-state index contributed by atoms with van der Waals surface area (Å²) in [6.45, 7) is 31.8. The van der Waals surface area contributed by atoms with E-state index in [9.17, 15) is 0 Å². The lowest BCUT2D eigenvalue weighted by molar-refractivity contribution is 0.197. The monoisotopic (exact) mass is 441 g/mol. The normalized spacial score (nSPS) is 26.9. The van der Waals surface area contributed by atoms with E-state index in [-0.39, 0.29) is 0 Å². The third-order valence-corrected chi connectivity index (χ3v) is 7.17. The number of likely N-dealkylation sites (N-methyl/N-ethyl adjacent to an activating group) is 1. The van der Waals surface area contributed by atoms with Crippen molar-refractivity contribution in [3.63, 3.8) is 0 Å². The number of rotatable bonds is 3. The van der Waals surface area contributed by atoms with Gasteiger partial charge in [-0.05, 0) is 87.4 Å². The van der Waals surface area contributed by atoms with E-state index in [1.54, 1.807) is 0 Å². The minimum absolute atomic E-state index is 0.324. The van der Waals surface area contributed by atoms with Crippen LogP contribution in [0, 0.1) is 37.5 Å². The van der Waals surface area contributed by atoms with Crippen LogP contribution in [0.25, 0.3) is 0 Å². The van der Waals surface area contributed by atoms with Crippen molar-refractivity contribution >= 4 is 0 Å². The summed E-state index contributed by atoms with van der Waals surface area (Å²) >= 11 is 0. The zero-order valence-corrected chi connectivity index (χ0v) is 23.5. The summed E-state index contributed by atoms with van der Waals surface area (Å²) in [5.41, 5.74) is 6.37. The summed E-state index contributed by atoms with van der Waals surface area (Å²) in [6.07, 6.45) is 9.82. The molecule has 0 aromatic heterocycles. The van der Waals surface area contributed by atoms with Gasteiger partial charge in [0.25, 0.3) is 0 Å². The average molecular weight is 442 g/mol. The van der Waals surface area contributed by atoms with E-state index in [2.05, 4.69) is 118 Å². The molecule has 0 heterocycles. The first kappa shape index (κ1) is 32.6. The van der Waals surface area contributed by atoms with Crippen molar-refractivity contribution in [3.05, 3.63) is 72.4 Å². The fourth-order valence-corrected chi connectivity index (χ4v) is 5.29. The first-order chi connectivity index (χ1) is 15.1. The highest BCUT2D eigenvalue weighted by Crippen LogP contribution is 2.62. The van der Waals surface area contributed by atoms with Gasteiger partial charge in [0.05, 0.1) is 0 Å². The Balaban J connectivity index is 0. The smallest absolute Gasteiger partial charge is 0.0303 e. The molecule has 4 atom stereocenters. The number of hydrogen-bond donors (Lipinski definition) is 1. The van der Waals surface area contributed by atoms with Crippen molar-refractivity contribution in [3.8, 4) is 0 Å². The zero-order chi connectivity index (χ0) is 25.5. The van der Waals surface area contributed by atoms with E-state index in [4.69, 9.17) is 0 Å². The average Bonchev–Trinajstić information content (AvgIpc) is 3.03. The topological polar surface area (TPSA) is 12.0 Å². The van der Waals surface area contributed by atoms with Gasteiger partial charge in [0.1, 0.15) is 0 Å². The number of nitrogens with one attached hydrogen (secondary N) is 1. The molecule has 2 aliphatic rings. The number of aryl methyl sites for hydroxylation is 2. The summed E-state index contributed by atoms with van der Waals surface area (Å²) in [5.74, 6) is 0.790. The molecule has 2 aliphatic carbocycles. The van der Waals surface area contributed by atoms with E-state index < -0.39 is 0 Å². The summed E-state index contributed by atoms with van der Waals surface area (Å²) < 4.78 is 0. The second-order valence-corrected chi connectivity index (χ2v) is 9.18. The van der Waals surface area contributed by atoms with Gasteiger partial charge in [-0.1, -0.05) is 83.9 Å². The van der Waals surface area contributed by atoms with E-state index in [0.717, 1.165) is 5.92 Å². The minimum atomic E-state index is 0.324. The molecule has 184 valence electrons. The molecule has 0 saturated heterocycles. The van der Waals surface area contributed by atoms with Crippen molar-refractivity contribution in [1.82, 2.24) is 5.32 Å². The van der Waals surface area contributed by atoms with E-state index in [1.165, 1.54) is 47.9 Å². The molecule has 0 spiro atoms. The summed E-state index contributed by atoms with van der Waals surface area (Å²) in [4.78, 5) is 0. The fourth-order valence-electron chi connectivity index (χ4n) is 5.29. The molecular weight excluding hydrogens is 386 g/mol. The Labute approximate surface area is 202 Å². The molecule has 0 amide bonds. The Morgan fingerprint density at radius 2 is 1.47 bits per heavy atom. The highest BCUT2D eigenvalue weighted by Gasteiger charge is 2.55. The Morgan fingerprint density at radius 3 is 1.81 bits per heavy atom. The number of benzene rings is 1. The highest BCUT2D eigenvalue weighted by molar-refractivity contribution is 5.32. The van der Waals surface area contributed by atoms with E-state index in [1.807, 2.05) is 13.8 Å². The number of hydrogen-bond acceptors (Lipinski definition) is 1. The molecule has 1 nitrogen and oxygen atoms in total. The molecule has 1 saturated carbocycles. The van der Waals surface area contributed by atoms with Gasteiger partial charge in [-0.2, -0.15) is 0 Å². The summed E-state index contributed by atoms with van der Waals surface area (Å²) in [5, 5.41) is 3.48. The van der Waals surface area contributed by atoms with Gasteiger partial charge in [0, 0.05) is 6.04 Å². The Hall–Kier alpha value is -1.60. The second-order valence-electron chi connectivity index (χ2n) is 9.18. The van der Waals surface area contributed by atoms with Gasteiger partial charge < -0.3 is 5.32 Å². The lowest BCUT2D eigenvalue weighted by Gasteiger charge is -2.40. The molecule has 3 rings (SSSR count). The van der Waals surface area contributed by atoms with Crippen LogP contribution < -0.4 is 5.32 Å². The van der Waals surface area contributed by atoms with Crippen LogP contribution in [0.3, 0.4) is 0 Å². The van der Waals surface area contributed by atoms with Gasteiger partial charge in [0.15, 0.2) is 0 Å². The maximum Gasteiger partial charge on any atom is 0.0303 e. The maximum absolute atomic E-state index is 4.12. The van der Waals surface area contributed by atoms with Crippen LogP contribution in [-0.4, -0.2) is 13.1 Å². The van der Waals surface area contributed by atoms with Crippen LogP contribution in [0.1, 0.15) is 90.8 Å². The van der Waals surface area contributed by atoms with Crippen LogP contribution in [-0.2, 0) is 0 Å². The van der Waals surface area contributed by atoms with Crippen molar-refractivity contribution < 1.29 is 0 Å². The zero-order valence-electron chi connectivity index (χ0n) is 23.5. The summed E-state index contributed by atoms with van der Waals surface area (Å²) in [7, 11) is 2.09. The quantitative estimate of drug-likeness (QED) is 0.460. The van der Waals surface area contributed by atoms with Gasteiger partial charge in [0.2, 0.25) is 0 Å². The molecule has 2 bridgehead atoms. The Bertz CT molecular complexity index is 665. The fraction of sp³-hybridized carbons (Fsp3) is 0.613. The molecule has 1 fully saturated rings. The minimum Gasteiger partial charge on any atom is -0.313 e. The second kappa shape index (κ2) is 16.1. The highest BCUT2D eigenvalue weighted by atomic mass is 14.9. The number of allylic oxidation sites excluding steroid dienone is 2. The SMILES string of the molecule is C=C.C=CC1(CC)CC2C[C@]1(C)C=C(C)C2NC.CC.CCC.Cc1cccc(C)c1C. The molecule has 32 heavy (non-hydrogen) atoms. The van der Waals surface area contributed by atoms with Crippen LogP contribution in [0.2, 0.25) is 0 Å². The summed E-state index contributed by atoms with van der Waals surface area (Å²) in [6, 6.07) is 6.96. The molecular formula is C31H55N. The van der Waals surface area contributed by atoms with Crippen LogP contribution in [0.5, 0.6) is 0 Å². The van der Waals surface area contributed by atoms with Crippen LogP contribution >= 0.6 is 0 Å². The molecule has 0 radical (unpaired) electrons. The lowest BCUT2D eigenvalue weighted by atomic mass is 9.64. The molecule has 1 N–H and O–H groups in total. The van der Waals surface area contributed by atoms with E-state index >= 15 is 0 Å². The predicted molar refractivity (Wildman–Crippen MR) is 150 cm³/mol. The predicted octanol–water partition coefficient (Wildman–Crippen LogP) is 9.39. The maximum atomic E-state index is 4.12. The van der Waals surface area contributed by atoms with E-state index in [0.29, 0.717) is 16.9 Å². The van der Waals surface area contributed by atoms with Gasteiger partial charge in [-0.15, -0.1) is 19.7 Å². The van der Waals surface area contributed by atoms with Gasteiger partial charge >= 0.3 is 0 Å². The van der Waals surface area contributed by atoms with Crippen LogP contribution in [0.4, 0.5) is 0 Å². The molecule has 3 unspecified atom stereocenters. The number of fused-ring (bicyclic) bond motifs is 2. The standard InChI is InChI=1S/C15H25N.C9H12.C3H8.C2H6.C2H4/c1-6-15(7-2)10-12-9-14(15,4)8-11(3)13(12)16-5;1-7-5-4-6-8(2)9(7)3;1-3-2;2*1-2/h6,8,12-13,16H,1,7,9-10H2,2-5H3;4-6H,1-3H3;3H2,1-2H3;1-2H3;1-2H2/t12?,13?,14-,15?;;;;/m0..../s1. The van der Waals surface area contributed by atoms with Crippen molar-refractivity contribution in [2.45, 2.75) is 101 Å². The van der Waals surface area contributed by atoms with Gasteiger partial charge in [-0.25, -0.2) is 0 Å². The van der Waals surface area contributed by atoms with Crippen LogP contribution in [0.15, 0.2) is 55.7 Å². The molecule has 0 aliphatic heterocycles. The molecule has 1 aromatic rings. The molecule has 1 heteroatoms. The third kappa shape index (κ3) is 7.77.